The second kappa shape index (κ2) is 6.54. The van der Waals surface area contributed by atoms with Crippen molar-refractivity contribution < 1.29 is 17.0 Å². The monoisotopic (exact) mass is 272 g/mol. The van der Waals surface area contributed by atoms with Gasteiger partial charge in [-0.15, -0.1) is 0 Å². The topological polar surface area (TPSA) is 43.4 Å². The molecule has 0 amide bonds. The van der Waals surface area contributed by atoms with Gasteiger partial charge in [0.1, 0.15) is 11.6 Å². The van der Waals surface area contributed by atoms with Crippen LogP contribution in [0.3, 0.4) is 0 Å². The van der Waals surface area contributed by atoms with Crippen LogP contribution in [0, 0.1) is 5.82 Å². The van der Waals surface area contributed by atoms with Crippen LogP contribution in [0.2, 0.25) is 0 Å². The Morgan fingerprint density at radius 1 is 1.33 bits per heavy atom. The predicted octanol–water partition coefficient (Wildman–Crippen LogP) is 3.28. The highest BCUT2D eigenvalue weighted by atomic mass is 32.2. The highest BCUT2D eigenvalue weighted by Crippen LogP contribution is 2.18. The molecule has 0 bridgehead atoms. The van der Waals surface area contributed by atoms with E-state index in [4.69, 9.17) is 4.18 Å². The van der Waals surface area contributed by atoms with Crippen molar-refractivity contribution in [3.8, 4) is 5.75 Å². The fraction of sp³-hybridized carbons (Fsp3) is 0.385. The van der Waals surface area contributed by atoms with E-state index in [0.29, 0.717) is 12.8 Å². The lowest BCUT2D eigenvalue weighted by Gasteiger charge is -2.12. The molecule has 0 aromatic heterocycles. The number of rotatable bonds is 6. The number of benzene rings is 1. The molecule has 1 unspecified atom stereocenters. The molecule has 0 aliphatic heterocycles. The number of halogens is 1. The average Bonchev–Trinajstić information content (AvgIpc) is 2.32. The van der Waals surface area contributed by atoms with Crippen LogP contribution in [0.25, 0.3) is 0 Å². The Hall–Kier alpha value is -1.36. The standard InChI is InChI=1S/C13H17FO3S/c1-3-4-5-6-11(2)18(15,16)17-13-9-7-12(14)8-10-13/h3-4,7-11H,5-6H2,1-2H3. The third-order valence-electron chi connectivity index (χ3n) is 2.49. The lowest BCUT2D eigenvalue weighted by atomic mass is 10.2. The van der Waals surface area contributed by atoms with Crippen molar-refractivity contribution >= 4 is 10.1 Å². The molecule has 0 radical (unpaired) electrons. The molecular formula is C13H17FO3S. The minimum Gasteiger partial charge on any atom is -0.382 e. The van der Waals surface area contributed by atoms with Gasteiger partial charge < -0.3 is 4.18 Å². The van der Waals surface area contributed by atoms with E-state index in [1.54, 1.807) is 6.92 Å². The van der Waals surface area contributed by atoms with Crippen molar-refractivity contribution in [1.82, 2.24) is 0 Å². The summed E-state index contributed by atoms with van der Waals surface area (Å²) in [6.07, 6.45) is 4.96. The molecular weight excluding hydrogens is 255 g/mol. The molecule has 100 valence electrons. The highest BCUT2D eigenvalue weighted by Gasteiger charge is 2.22. The highest BCUT2D eigenvalue weighted by molar-refractivity contribution is 7.87. The zero-order valence-electron chi connectivity index (χ0n) is 10.5. The maximum Gasteiger partial charge on any atom is 0.311 e. The van der Waals surface area contributed by atoms with Crippen molar-refractivity contribution in [3.05, 3.63) is 42.2 Å². The van der Waals surface area contributed by atoms with E-state index in [-0.39, 0.29) is 5.75 Å². The van der Waals surface area contributed by atoms with E-state index in [1.807, 2.05) is 19.1 Å². The lowest BCUT2D eigenvalue weighted by molar-refractivity contribution is 0.469. The first-order valence-corrected chi connectivity index (χ1v) is 7.23. The summed E-state index contributed by atoms with van der Waals surface area (Å²) in [4.78, 5) is 0. The Labute approximate surface area is 107 Å². The van der Waals surface area contributed by atoms with E-state index in [0.717, 1.165) is 12.1 Å². The largest absolute Gasteiger partial charge is 0.382 e. The number of hydrogen-bond acceptors (Lipinski definition) is 3. The molecule has 0 heterocycles. The van der Waals surface area contributed by atoms with Gasteiger partial charge in [0, 0.05) is 0 Å². The van der Waals surface area contributed by atoms with Crippen LogP contribution in [0.4, 0.5) is 4.39 Å². The zero-order chi connectivity index (χ0) is 13.6. The van der Waals surface area contributed by atoms with Crippen LogP contribution in [-0.2, 0) is 10.1 Å². The van der Waals surface area contributed by atoms with Gasteiger partial charge in [-0.1, -0.05) is 12.2 Å². The third kappa shape index (κ3) is 4.49. The Balaban J connectivity index is 2.66. The Kier molecular flexibility index (Phi) is 5.34. The van der Waals surface area contributed by atoms with Crippen LogP contribution in [0.1, 0.15) is 26.7 Å². The summed E-state index contributed by atoms with van der Waals surface area (Å²) in [5, 5.41) is -0.598. The molecule has 1 aromatic rings. The summed E-state index contributed by atoms with van der Waals surface area (Å²) < 4.78 is 41.3. The second-order valence-corrected chi connectivity index (χ2v) is 5.94. The maximum absolute atomic E-state index is 12.7. The summed E-state index contributed by atoms with van der Waals surface area (Å²) >= 11 is 0. The quantitative estimate of drug-likeness (QED) is 0.589. The molecule has 5 heteroatoms. The van der Waals surface area contributed by atoms with Gasteiger partial charge in [-0.05, 0) is 51.0 Å². The summed E-state index contributed by atoms with van der Waals surface area (Å²) in [6, 6.07) is 4.92. The Morgan fingerprint density at radius 3 is 2.50 bits per heavy atom. The summed E-state index contributed by atoms with van der Waals surface area (Å²) in [5.41, 5.74) is 0. The molecule has 0 aliphatic carbocycles. The number of hydrogen-bond donors (Lipinski definition) is 0. The van der Waals surface area contributed by atoms with Crippen LogP contribution >= 0.6 is 0 Å². The lowest BCUT2D eigenvalue weighted by Crippen LogP contribution is -2.23. The fourth-order valence-corrected chi connectivity index (χ4v) is 2.32. The van der Waals surface area contributed by atoms with Gasteiger partial charge in [0.05, 0.1) is 5.25 Å². The van der Waals surface area contributed by atoms with Gasteiger partial charge in [-0.2, -0.15) is 8.42 Å². The average molecular weight is 272 g/mol. The predicted molar refractivity (Wildman–Crippen MR) is 69.5 cm³/mol. The third-order valence-corrected chi connectivity index (χ3v) is 4.14. The fourth-order valence-electron chi connectivity index (χ4n) is 1.35. The normalized spacial score (nSPS) is 13.7. The van der Waals surface area contributed by atoms with E-state index >= 15 is 0 Å². The van der Waals surface area contributed by atoms with Crippen molar-refractivity contribution in [2.75, 3.05) is 0 Å². The van der Waals surface area contributed by atoms with Gasteiger partial charge in [0.15, 0.2) is 0 Å². The first-order valence-electron chi connectivity index (χ1n) is 5.75. The van der Waals surface area contributed by atoms with E-state index in [9.17, 15) is 12.8 Å². The molecule has 0 saturated carbocycles. The minimum atomic E-state index is -3.66. The number of allylic oxidation sites excluding steroid dienone is 2. The second-order valence-electron chi connectivity index (χ2n) is 3.99. The molecule has 0 spiro atoms. The van der Waals surface area contributed by atoms with Crippen molar-refractivity contribution in [3.63, 3.8) is 0 Å². The molecule has 1 atom stereocenters. The molecule has 0 aliphatic rings. The molecule has 1 rings (SSSR count). The Bertz CT molecular complexity index is 491. The molecule has 0 saturated heterocycles. The maximum atomic E-state index is 12.7. The van der Waals surface area contributed by atoms with E-state index in [1.165, 1.54) is 12.1 Å². The zero-order valence-corrected chi connectivity index (χ0v) is 11.3. The first-order chi connectivity index (χ1) is 8.45. The summed E-state index contributed by atoms with van der Waals surface area (Å²) in [5.74, 6) is -0.296. The smallest absolute Gasteiger partial charge is 0.311 e. The van der Waals surface area contributed by atoms with E-state index in [2.05, 4.69) is 0 Å². The minimum absolute atomic E-state index is 0.134. The molecule has 3 nitrogen and oxygen atoms in total. The molecule has 0 fully saturated rings. The first kappa shape index (κ1) is 14.7. The van der Waals surface area contributed by atoms with Gasteiger partial charge in [0.25, 0.3) is 0 Å². The molecule has 1 aromatic carbocycles. The SMILES string of the molecule is CC=CCCC(C)S(=O)(=O)Oc1ccc(F)cc1. The molecule has 18 heavy (non-hydrogen) atoms. The van der Waals surface area contributed by atoms with Crippen LogP contribution < -0.4 is 4.18 Å². The summed E-state index contributed by atoms with van der Waals surface area (Å²) in [6.45, 7) is 3.48. The van der Waals surface area contributed by atoms with Crippen LogP contribution in [-0.4, -0.2) is 13.7 Å². The van der Waals surface area contributed by atoms with Crippen LogP contribution in [0.15, 0.2) is 36.4 Å². The van der Waals surface area contributed by atoms with Gasteiger partial charge in [-0.3, -0.25) is 0 Å². The van der Waals surface area contributed by atoms with Crippen molar-refractivity contribution in [1.29, 1.82) is 0 Å². The Morgan fingerprint density at radius 2 is 1.94 bits per heavy atom. The van der Waals surface area contributed by atoms with Gasteiger partial charge in [-0.25, -0.2) is 4.39 Å². The van der Waals surface area contributed by atoms with Gasteiger partial charge >= 0.3 is 10.1 Å². The van der Waals surface area contributed by atoms with Crippen molar-refractivity contribution in [2.45, 2.75) is 31.9 Å². The molecule has 0 N–H and O–H groups in total. The van der Waals surface area contributed by atoms with Crippen LogP contribution in [0.5, 0.6) is 5.75 Å². The van der Waals surface area contributed by atoms with Crippen molar-refractivity contribution in [2.24, 2.45) is 0 Å². The van der Waals surface area contributed by atoms with Gasteiger partial charge in [0.2, 0.25) is 0 Å². The summed E-state index contributed by atoms with van der Waals surface area (Å²) in [7, 11) is -3.66. The van der Waals surface area contributed by atoms with E-state index < -0.39 is 21.2 Å².